The number of aliphatic hydroxyl groups excluding tert-OH is 3. The lowest BCUT2D eigenvalue weighted by atomic mass is 10.0. The van der Waals surface area contributed by atoms with Gasteiger partial charge in [0.2, 0.25) is 47.3 Å². The molecule has 1 aliphatic heterocycles. The molecule has 1 rings (SSSR count). The third-order valence-corrected chi connectivity index (χ3v) is 10.2. The number of nitrogens with two attached hydrogens (primary N) is 6. The van der Waals surface area contributed by atoms with Crippen molar-refractivity contribution in [2.75, 3.05) is 26.2 Å². The highest BCUT2D eigenvalue weighted by atomic mass is 16.4. The smallest absolute Gasteiger partial charge is 0.326 e. The quantitative estimate of drug-likeness (QED) is 0.0188. The van der Waals surface area contributed by atoms with Crippen LogP contribution in [0.25, 0.3) is 0 Å². The first-order valence-electron chi connectivity index (χ1n) is 21.3. The third-order valence-electron chi connectivity index (χ3n) is 10.2. The third kappa shape index (κ3) is 19.8. The highest BCUT2D eigenvalue weighted by Gasteiger charge is 2.40. The molecule has 10 atom stereocenters. The SMILES string of the molecule is CC(C)[C@H](NC(=O)[C@H](CCC(N)=O)NC(=O)[C@H](CO)NC(=O)[C@@H](NC(=O)[C@@H](N)[C@@H](C)O)[C@@H](C)O)C(=O)N[C@@H](CCCN=C(N)N)C(=O)N1CCC[C@H]1C(=O)N[C@@H](CCCN=C(N)N)C(=O)O. The monoisotopic (exact) mass is 944 g/mol. The first-order chi connectivity index (χ1) is 30.8. The molecule has 0 bridgehead atoms. The van der Waals surface area contributed by atoms with Crippen molar-refractivity contribution in [1.82, 2.24) is 36.8 Å². The number of aliphatic imine (C=N–C) groups is 2. The number of carboxylic acid groups (broad SMARTS) is 1. The second-order valence-corrected chi connectivity index (χ2v) is 16.1. The minimum atomic E-state index is -1.80. The molecule has 0 aliphatic carbocycles. The Morgan fingerprint density at radius 2 is 1.14 bits per heavy atom. The maximum Gasteiger partial charge on any atom is 0.326 e. The molecule has 0 radical (unpaired) electrons. The van der Waals surface area contributed by atoms with Gasteiger partial charge in [0.05, 0.1) is 18.8 Å². The lowest BCUT2D eigenvalue weighted by Gasteiger charge is -2.31. The second kappa shape index (κ2) is 28.5. The Kier molecular flexibility index (Phi) is 24.9. The van der Waals surface area contributed by atoms with Crippen LogP contribution >= 0.6 is 0 Å². The number of guanidine groups is 2. The molecule has 0 unspecified atom stereocenters. The van der Waals surface area contributed by atoms with Crippen molar-refractivity contribution < 1.29 is 63.6 Å². The molecule has 1 aliphatic rings. The number of hydrogen-bond donors (Lipinski definition) is 16. The summed E-state index contributed by atoms with van der Waals surface area (Å²) in [4.78, 5) is 127. The van der Waals surface area contributed by atoms with Crippen LogP contribution in [0.4, 0.5) is 0 Å². The van der Waals surface area contributed by atoms with Gasteiger partial charge in [-0.05, 0) is 64.7 Å². The van der Waals surface area contributed by atoms with Crippen molar-refractivity contribution >= 4 is 65.1 Å². The summed E-state index contributed by atoms with van der Waals surface area (Å²) in [5.41, 5.74) is 32.4. The van der Waals surface area contributed by atoms with Gasteiger partial charge in [0, 0.05) is 26.1 Å². The summed E-state index contributed by atoms with van der Waals surface area (Å²) in [7, 11) is 0. The van der Waals surface area contributed by atoms with E-state index in [1.54, 1.807) is 13.8 Å². The largest absolute Gasteiger partial charge is 0.480 e. The zero-order valence-electron chi connectivity index (χ0n) is 37.6. The summed E-state index contributed by atoms with van der Waals surface area (Å²) in [5.74, 6) is -10.0. The van der Waals surface area contributed by atoms with Crippen LogP contribution in [0.5, 0.6) is 0 Å². The number of aliphatic carboxylic acids is 1. The summed E-state index contributed by atoms with van der Waals surface area (Å²) < 4.78 is 0. The number of primary amides is 1. The van der Waals surface area contributed by atoms with E-state index >= 15 is 0 Å². The highest BCUT2D eigenvalue weighted by Crippen LogP contribution is 2.21. The van der Waals surface area contributed by atoms with E-state index in [1.165, 1.54) is 11.8 Å². The van der Waals surface area contributed by atoms with E-state index < -0.39 is 139 Å². The molecule has 1 heterocycles. The van der Waals surface area contributed by atoms with Gasteiger partial charge >= 0.3 is 5.97 Å². The molecular weight excluding hydrogens is 875 g/mol. The van der Waals surface area contributed by atoms with Gasteiger partial charge in [0.25, 0.3) is 0 Å². The zero-order valence-corrected chi connectivity index (χ0v) is 37.6. The lowest BCUT2D eigenvalue weighted by molar-refractivity contribution is -0.145. The van der Waals surface area contributed by atoms with Crippen LogP contribution in [0.3, 0.4) is 0 Å². The first kappa shape index (κ1) is 57.6. The number of rotatable bonds is 29. The molecule has 0 aromatic heterocycles. The molecule has 0 spiro atoms. The minimum Gasteiger partial charge on any atom is -0.480 e. The van der Waals surface area contributed by atoms with Crippen LogP contribution in [0, 0.1) is 5.92 Å². The van der Waals surface area contributed by atoms with E-state index in [2.05, 4.69) is 41.9 Å². The Bertz CT molecular complexity index is 1760. The fourth-order valence-electron chi connectivity index (χ4n) is 6.50. The van der Waals surface area contributed by atoms with Crippen LogP contribution in [-0.2, 0) is 43.2 Å². The number of carbonyl (C=O) groups is 9. The van der Waals surface area contributed by atoms with E-state index in [1.807, 2.05) is 0 Å². The molecule has 8 amide bonds. The molecule has 66 heavy (non-hydrogen) atoms. The maximum absolute atomic E-state index is 14.2. The van der Waals surface area contributed by atoms with Crippen molar-refractivity contribution in [3.8, 4) is 0 Å². The Balaban J connectivity index is 3.35. The molecule has 28 heteroatoms. The fraction of sp³-hybridized carbons (Fsp3) is 0.711. The molecule has 22 N–H and O–H groups in total. The van der Waals surface area contributed by atoms with Crippen molar-refractivity contribution in [3.63, 3.8) is 0 Å². The molecule has 0 saturated carbocycles. The Morgan fingerprint density at radius 3 is 1.62 bits per heavy atom. The van der Waals surface area contributed by atoms with Gasteiger partial charge in [0.15, 0.2) is 11.9 Å². The van der Waals surface area contributed by atoms with E-state index in [4.69, 9.17) is 34.4 Å². The Hall–Kier alpha value is -6.39. The van der Waals surface area contributed by atoms with Gasteiger partial charge in [-0.25, -0.2) is 4.79 Å². The molecule has 0 aromatic rings. The Morgan fingerprint density at radius 1 is 0.636 bits per heavy atom. The van der Waals surface area contributed by atoms with Gasteiger partial charge in [-0.15, -0.1) is 0 Å². The number of likely N-dealkylation sites (tertiary alicyclic amines) is 1. The summed E-state index contributed by atoms with van der Waals surface area (Å²) in [6, 6.07) is -11.8. The molecule has 1 saturated heterocycles. The number of aliphatic hydroxyl groups is 3. The van der Waals surface area contributed by atoms with E-state index in [0.717, 1.165) is 6.92 Å². The number of nitrogens with one attached hydrogen (secondary N) is 6. The average molecular weight is 944 g/mol. The summed E-state index contributed by atoms with van der Waals surface area (Å²) in [6.07, 6.45) is -2.98. The Labute approximate surface area is 381 Å². The van der Waals surface area contributed by atoms with Crippen molar-refractivity contribution in [2.24, 2.45) is 50.3 Å². The summed E-state index contributed by atoms with van der Waals surface area (Å²) in [6.45, 7) is 4.61. The number of carboxylic acids is 1. The molecule has 374 valence electrons. The number of amides is 8. The van der Waals surface area contributed by atoms with E-state index in [-0.39, 0.29) is 63.7 Å². The van der Waals surface area contributed by atoms with Crippen LogP contribution < -0.4 is 66.3 Å². The molecule has 28 nitrogen and oxygen atoms in total. The number of carbonyl (C=O) groups excluding carboxylic acids is 8. The molecule has 1 fully saturated rings. The van der Waals surface area contributed by atoms with Crippen LogP contribution in [0.2, 0.25) is 0 Å². The van der Waals surface area contributed by atoms with E-state index in [9.17, 15) is 63.6 Å². The van der Waals surface area contributed by atoms with Crippen LogP contribution in [-0.4, -0.2) is 177 Å². The van der Waals surface area contributed by atoms with Crippen molar-refractivity contribution in [1.29, 1.82) is 0 Å². The van der Waals surface area contributed by atoms with E-state index in [0.29, 0.717) is 6.42 Å². The number of nitrogens with zero attached hydrogens (tertiary/aromatic N) is 3. The average Bonchev–Trinajstić information content (AvgIpc) is 3.73. The van der Waals surface area contributed by atoms with Gasteiger partial charge < -0.3 is 91.6 Å². The number of hydrogen-bond acceptors (Lipinski definition) is 15. The van der Waals surface area contributed by atoms with Crippen molar-refractivity contribution in [3.05, 3.63) is 0 Å². The lowest BCUT2D eigenvalue weighted by Crippen LogP contribution is -2.62. The minimum absolute atomic E-state index is 0.0244. The molecular formula is C38H69N15O13. The normalized spacial score (nSPS) is 17.5. The second-order valence-electron chi connectivity index (χ2n) is 16.1. The zero-order chi connectivity index (χ0) is 50.4. The van der Waals surface area contributed by atoms with Gasteiger partial charge in [-0.1, -0.05) is 13.8 Å². The predicted molar refractivity (Wildman–Crippen MR) is 235 cm³/mol. The first-order valence-corrected chi connectivity index (χ1v) is 21.3. The summed E-state index contributed by atoms with van der Waals surface area (Å²) >= 11 is 0. The fourth-order valence-corrected chi connectivity index (χ4v) is 6.50. The molecule has 0 aromatic carbocycles. The highest BCUT2D eigenvalue weighted by molar-refractivity contribution is 5.98. The van der Waals surface area contributed by atoms with Gasteiger partial charge in [0.1, 0.15) is 48.3 Å². The maximum atomic E-state index is 14.2. The van der Waals surface area contributed by atoms with Crippen LogP contribution in [0.15, 0.2) is 9.98 Å². The summed E-state index contributed by atoms with van der Waals surface area (Å²) in [5, 5.41) is 53.8. The van der Waals surface area contributed by atoms with Crippen LogP contribution in [0.1, 0.15) is 79.1 Å². The van der Waals surface area contributed by atoms with Crippen molar-refractivity contribution in [2.45, 2.75) is 140 Å². The van der Waals surface area contributed by atoms with Gasteiger partial charge in [-0.2, -0.15) is 0 Å². The predicted octanol–water partition coefficient (Wildman–Crippen LogP) is -7.92. The van der Waals surface area contributed by atoms with Gasteiger partial charge in [-0.3, -0.25) is 48.3 Å². The standard InChI is InChI=1S/C38H69N15O13/c1-17(2)27(51-29(58)20(11-12-25(39)57)47-30(59)23(16-54)50-34(63)28(19(4)56)52-32(61)26(40)18(3)55)33(62)48-21(8-5-13-45-37(41)42)35(64)53-15-7-10-24(53)31(60)49-22(36(65)66)9-6-14-46-38(43)44/h17-24,26-28,54-56H,5-16,40H2,1-4H3,(H2,39,57)(H,47,59)(H,48,62)(H,49,60)(H,50,63)(H,51,58)(H,52,61)(H,65,66)(H4,41,42,45)(H4,43,44,46)/t18-,19-,20+,21+,22+,23+,24+,26+,27+,28+/m1/s1. The topological polar surface area (TPSA) is 491 Å².